The molecule has 31 heavy (non-hydrogen) atoms. The molecule has 0 radical (unpaired) electrons. The van der Waals surface area contributed by atoms with Gasteiger partial charge in [-0.25, -0.2) is 0 Å². The van der Waals surface area contributed by atoms with Crippen molar-refractivity contribution in [3.05, 3.63) is 65.2 Å². The van der Waals surface area contributed by atoms with Crippen LogP contribution in [0.1, 0.15) is 25.3 Å². The molecule has 1 unspecified atom stereocenters. The highest BCUT2D eigenvalue weighted by Crippen LogP contribution is 2.32. The molecule has 3 aromatic rings. The van der Waals surface area contributed by atoms with Crippen LogP contribution in [0.5, 0.6) is 17.5 Å². The predicted octanol–water partition coefficient (Wildman–Crippen LogP) is 4.01. The van der Waals surface area contributed by atoms with Gasteiger partial charge < -0.3 is 26.0 Å². The molecule has 0 fully saturated rings. The third-order valence-electron chi connectivity index (χ3n) is 4.56. The van der Waals surface area contributed by atoms with Crippen molar-refractivity contribution in [1.29, 1.82) is 5.41 Å². The Morgan fingerprint density at radius 3 is 2.52 bits per heavy atom. The number of aromatic nitrogens is 1. The van der Waals surface area contributed by atoms with Crippen LogP contribution in [0.4, 0.5) is 5.69 Å². The largest absolute Gasteiger partial charge is 0.494 e. The van der Waals surface area contributed by atoms with E-state index in [0.29, 0.717) is 29.1 Å². The van der Waals surface area contributed by atoms with Crippen molar-refractivity contribution >= 4 is 29.0 Å². The summed E-state index contributed by atoms with van der Waals surface area (Å²) in [5, 5.41) is 30.3. The van der Waals surface area contributed by atoms with Gasteiger partial charge in [0.15, 0.2) is 17.9 Å². The first-order chi connectivity index (χ1) is 14.8. The zero-order chi connectivity index (χ0) is 22.5. The van der Waals surface area contributed by atoms with E-state index in [9.17, 15) is 15.0 Å². The second-order valence-electron chi connectivity index (χ2n) is 6.88. The Bertz CT molecular complexity index is 1090. The van der Waals surface area contributed by atoms with E-state index in [-0.39, 0.29) is 28.5 Å². The predicted molar refractivity (Wildman–Crippen MR) is 120 cm³/mol. The number of nitrogens with one attached hydrogen (secondary N) is 2. The SMILES string of the molecule is CCCC(Oc1cccc(C(=N)N)c1)C(=O)Nc1ccc(-n2c(O)ccc2O)c(Cl)c1. The van der Waals surface area contributed by atoms with Crippen molar-refractivity contribution in [1.82, 2.24) is 4.57 Å². The van der Waals surface area contributed by atoms with E-state index in [1.54, 1.807) is 36.4 Å². The van der Waals surface area contributed by atoms with Crippen molar-refractivity contribution < 1.29 is 19.7 Å². The number of rotatable bonds is 8. The first kappa shape index (κ1) is 22.0. The topological polar surface area (TPSA) is 134 Å². The number of halogens is 1. The number of ether oxygens (including phenoxy) is 1. The standard InChI is InChI=1S/C22H23ClN4O4/c1-2-4-18(31-15-6-3-5-13(11-15)21(24)25)22(30)26-14-7-8-17(16(23)12-14)27-19(28)9-10-20(27)29/h3,5-12,18,28-29H,2,4H2,1H3,(H3,24,25)(H,26,30). The van der Waals surface area contributed by atoms with Crippen molar-refractivity contribution in [2.24, 2.45) is 5.73 Å². The molecule has 0 aliphatic rings. The summed E-state index contributed by atoms with van der Waals surface area (Å²) in [7, 11) is 0. The van der Waals surface area contributed by atoms with E-state index in [4.69, 9.17) is 27.5 Å². The summed E-state index contributed by atoms with van der Waals surface area (Å²) in [4.78, 5) is 12.8. The number of nitrogen functional groups attached to an aromatic ring is 1. The number of carbonyl (C=O) groups is 1. The maximum Gasteiger partial charge on any atom is 0.265 e. The normalized spacial score (nSPS) is 11.7. The van der Waals surface area contributed by atoms with Crippen LogP contribution in [-0.4, -0.2) is 32.6 Å². The molecule has 1 atom stereocenters. The van der Waals surface area contributed by atoms with Crippen LogP contribution < -0.4 is 15.8 Å². The Hall–Kier alpha value is -3.65. The molecule has 0 aliphatic carbocycles. The molecule has 0 spiro atoms. The van der Waals surface area contributed by atoms with Gasteiger partial charge in [-0.15, -0.1) is 0 Å². The summed E-state index contributed by atoms with van der Waals surface area (Å²) in [6, 6.07) is 14.1. The lowest BCUT2D eigenvalue weighted by Gasteiger charge is -2.19. The average Bonchev–Trinajstić information content (AvgIpc) is 3.06. The second kappa shape index (κ2) is 9.44. The van der Waals surface area contributed by atoms with Crippen molar-refractivity contribution in [3.63, 3.8) is 0 Å². The number of benzene rings is 2. The van der Waals surface area contributed by atoms with Gasteiger partial charge in [0.2, 0.25) is 0 Å². The Morgan fingerprint density at radius 1 is 1.19 bits per heavy atom. The molecule has 1 aromatic heterocycles. The minimum Gasteiger partial charge on any atom is -0.494 e. The molecule has 0 aliphatic heterocycles. The van der Waals surface area contributed by atoms with E-state index in [1.807, 2.05) is 6.92 Å². The Morgan fingerprint density at radius 2 is 1.90 bits per heavy atom. The Balaban J connectivity index is 1.77. The molecule has 8 nitrogen and oxygen atoms in total. The molecule has 3 rings (SSSR count). The van der Waals surface area contributed by atoms with Gasteiger partial charge in [0.05, 0.1) is 10.7 Å². The van der Waals surface area contributed by atoms with Gasteiger partial charge in [0.1, 0.15) is 11.6 Å². The Labute approximate surface area is 184 Å². The number of aromatic hydroxyl groups is 2. The number of hydrogen-bond acceptors (Lipinski definition) is 5. The highest BCUT2D eigenvalue weighted by Gasteiger charge is 2.21. The van der Waals surface area contributed by atoms with Gasteiger partial charge in [0.25, 0.3) is 5.91 Å². The summed E-state index contributed by atoms with van der Waals surface area (Å²) in [5.41, 5.74) is 6.82. The number of carbonyl (C=O) groups excluding carboxylic acids is 1. The van der Waals surface area contributed by atoms with Gasteiger partial charge in [0, 0.05) is 23.4 Å². The fourth-order valence-electron chi connectivity index (χ4n) is 3.06. The molecule has 0 bridgehead atoms. The van der Waals surface area contributed by atoms with Crippen molar-refractivity contribution in [2.45, 2.75) is 25.9 Å². The number of amides is 1. The maximum atomic E-state index is 12.8. The average molecular weight is 443 g/mol. The number of anilines is 1. The fourth-order valence-corrected chi connectivity index (χ4v) is 3.32. The van der Waals surface area contributed by atoms with E-state index in [1.165, 1.54) is 22.8 Å². The summed E-state index contributed by atoms with van der Waals surface area (Å²) >= 11 is 6.31. The lowest BCUT2D eigenvalue weighted by molar-refractivity contribution is -0.123. The Kier molecular flexibility index (Phi) is 6.71. The van der Waals surface area contributed by atoms with Crippen molar-refractivity contribution in [2.75, 3.05) is 5.32 Å². The molecule has 0 saturated carbocycles. The first-order valence-electron chi connectivity index (χ1n) is 9.61. The van der Waals surface area contributed by atoms with Crippen molar-refractivity contribution in [3.8, 4) is 23.2 Å². The quantitative estimate of drug-likeness (QED) is 0.265. The molecule has 1 amide bonds. The first-order valence-corrected chi connectivity index (χ1v) is 9.99. The van der Waals surface area contributed by atoms with Gasteiger partial charge in [-0.1, -0.05) is 37.1 Å². The number of nitrogens with zero attached hydrogens (tertiary/aromatic N) is 1. The molecular weight excluding hydrogens is 420 g/mol. The van der Waals surface area contributed by atoms with E-state index in [2.05, 4.69) is 5.32 Å². The van der Waals surface area contributed by atoms with E-state index < -0.39 is 6.10 Å². The zero-order valence-electron chi connectivity index (χ0n) is 16.8. The lowest BCUT2D eigenvalue weighted by Crippen LogP contribution is -2.33. The molecule has 2 aromatic carbocycles. The second-order valence-corrected chi connectivity index (χ2v) is 7.28. The lowest BCUT2D eigenvalue weighted by atomic mass is 10.1. The minimum atomic E-state index is -0.761. The van der Waals surface area contributed by atoms with Crippen LogP contribution in [0.25, 0.3) is 5.69 Å². The molecule has 6 N–H and O–H groups in total. The summed E-state index contributed by atoms with van der Waals surface area (Å²) < 4.78 is 7.04. The van der Waals surface area contributed by atoms with Crippen LogP contribution in [0.15, 0.2) is 54.6 Å². The van der Waals surface area contributed by atoms with Gasteiger partial charge in [-0.05, 0) is 36.8 Å². The van der Waals surface area contributed by atoms with Gasteiger partial charge in [-0.2, -0.15) is 0 Å². The smallest absolute Gasteiger partial charge is 0.265 e. The monoisotopic (exact) mass is 442 g/mol. The highest BCUT2D eigenvalue weighted by molar-refractivity contribution is 6.32. The summed E-state index contributed by atoms with van der Waals surface area (Å²) in [5.74, 6) is -0.337. The fraction of sp³-hybridized carbons (Fsp3) is 0.182. The molecule has 9 heteroatoms. The van der Waals surface area contributed by atoms with E-state index >= 15 is 0 Å². The van der Waals surface area contributed by atoms with Crippen LogP contribution in [0.3, 0.4) is 0 Å². The summed E-state index contributed by atoms with van der Waals surface area (Å²) in [6.07, 6.45) is 0.437. The molecule has 0 saturated heterocycles. The highest BCUT2D eigenvalue weighted by atomic mass is 35.5. The van der Waals surface area contributed by atoms with Crippen LogP contribution >= 0.6 is 11.6 Å². The third-order valence-corrected chi connectivity index (χ3v) is 4.87. The van der Waals surface area contributed by atoms with Crippen LogP contribution in [0, 0.1) is 5.41 Å². The van der Waals surface area contributed by atoms with Crippen LogP contribution in [-0.2, 0) is 4.79 Å². The van der Waals surface area contributed by atoms with Gasteiger partial charge in [-0.3, -0.25) is 14.8 Å². The number of hydrogen-bond donors (Lipinski definition) is 5. The third kappa shape index (κ3) is 5.10. The number of amidine groups is 1. The van der Waals surface area contributed by atoms with Crippen LogP contribution in [0.2, 0.25) is 5.02 Å². The number of nitrogens with two attached hydrogens (primary N) is 1. The maximum absolute atomic E-state index is 12.8. The van der Waals surface area contributed by atoms with E-state index in [0.717, 1.165) is 6.42 Å². The molecule has 1 heterocycles. The molecule has 162 valence electrons. The summed E-state index contributed by atoms with van der Waals surface area (Å²) in [6.45, 7) is 1.94. The van der Waals surface area contributed by atoms with Gasteiger partial charge >= 0.3 is 0 Å². The minimum absolute atomic E-state index is 0.0866. The molecular formula is C22H23ClN4O4. The zero-order valence-corrected chi connectivity index (χ0v) is 17.6.